The summed E-state index contributed by atoms with van der Waals surface area (Å²) in [6.45, 7) is 0. The highest BCUT2D eigenvalue weighted by Gasteiger charge is 2.13. The van der Waals surface area contributed by atoms with Gasteiger partial charge in [0, 0.05) is 21.5 Å². The lowest BCUT2D eigenvalue weighted by Gasteiger charge is -2.09. The minimum absolute atomic E-state index is 0.743. The molecule has 0 spiro atoms. The van der Waals surface area contributed by atoms with Crippen LogP contribution in [0.1, 0.15) is 0 Å². The van der Waals surface area contributed by atoms with Gasteiger partial charge in [-0.3, -0.25) is 4.57 Å². The molecule has 4 heteroatoms. The molecule has 0 aliphatic carbocycles. The van der Waals surface area contributed by atoms with Gasteiger partial charge in [-0.15, -0.1) is 0 Å². The van der Waals surface area contributed by atoms with Gasteiger partial charge in [0.2, 0.25) is 0 Å². The average Bonchev–Trinajstić information content (AvgIpc) is 2.93. The van der Waals surface area contributed by atoms with E-state index in [2.05, 4.69) is 27.8 Å². The molecule has 2 heterocycles. The van der Waals surface area contributed by atoms with Crippen LogP contribution in [0.4, 0.5) is 0 Å². The summed E-state index contributed by atoms with van der Waals surface area (Å²) in [5, 5.41) is 2.97. The fourth-order valence-electron chi connectivity index (χ4n) is 2.57. The van der Waals surface area contributed by atoms with Crippen LogP contribution in [0.15, 0.2) is 88.9 Å². The average molecular weight is 337 g/mol. The molecule has 0 bridgehead atoms. The van der Waals surface area contributed by atoms with Gasteiger partial charge in [-0.25, -0.2) is 4.98 Å². The van der Waals surface area contributed by atoms with Gasteiger partial charge in [0.15, 0.2) is 0 Å². The summed E-state index contributed by atoms with van der Waals surface area (Å²) in [5.74, 6) is 0.906. The molecule has 0 atom stereocenters. The van der Waals surface area contributed by atoms with Crippen molar-refractivity contribution in [2.75, 3.05) is 0 Å². The van der Waals surface area contributed by atoms with E-state index in [1.165, 1.54) is 4.90 Å². The number of hydrogen-bond donors (Lipinski definition) is 0. The molecule has 23 heavy (non-hydrogen) atoms. The zero-order chi connectivity index (χ0) is 15.6. The van der Waals surface area contributed by atoms with Gasteiger partial charge < -0.3 is 0 Å². The molecule has 0 N–H and O–H groups in total. The molecule has 112 valence electrons. The van der Waals surface area contributed by atoms with E-state index < -0.39 is 0 Å². The van der Waals surface area contributed by atoms with Crippen molar-refractivity contribution in [2.24, 2.45) is 0 Å². The van der Waals surface area contributed by atoms with Gasteiger partial charge >= 0.3 is 0 Å². The molecular weight excluding hydrogens is 324 g/mol. The van der Waals surface area contributed by atoms with Crippen molar-refractivity contribution in [3.63, 3.8) is 0 Å². The zero-order valence-corrected chi connectivity index (χ0v) is 13.8. The van der Waals surface area contributed by atoms with Crippen molar-refractivity contribution in [1.29, 1.82) is 0 Å². The van der Waals surface area contributed by atoms with E-state index in [-0.39, 0.29) is 0 Å². The minimum atomic E-state index is 0.743. The largest absolute Gasteiger partial charge is 0.288 e. The Morgan fingerprint density at radius 2 is 1.70 bits per heavy atom. The van der Waals surface area contributed by atoms with Gasteiger partial charge in [-0.2, -0.15) is 0 Å². The van der Waals surface area contributed by atoms with Crippen molar-refractivity contribution < 1.29 is 0 Å². The standard InChI is InChI=1S/C19H13ClN2S/c20-15-9-10-17-14(12-15)13-19(23-16-6-2-1-3-7-16)22(17)18-8-4-5-11-21-18/h1-13H. The Bertz CT molecular complexity index is 949. The highest BCUT2D eigenvalue weighted by atomic mass is 35.5. The number of fused-ring (bicyclic) bond motifs is 1. The molecule has 2 aromatic carbocycles. The smallest absolute Gasteiger partial charge is 0.137 e. The number of halogens is 1. The Balaban J connectivity index is 1.92. The molecule has 0 radical (unpaired) electrons. The summed E-state index contributed by atoms with van der Waals surface area (Å²) in [6, 6.07) is 24.4. The van der Waals surface area contributed by atoms with Crippen LogP contribution in [-0.2, 0) is 0 Å². The summed E-state index contributed by atoms with van der Waals surface area (Å²) in [4.78, 5) is 5.71. The van der Waals surface area contributed by atoms with Crippen LogP contribution in [0.25, 0.3) is 16.7 Å². The summed E-state index contributed by atoms with van der Waals surface area (Å²) >= 11 is 7.88. The highest BCUT2D eigenvalue weighted by Crippen LogP contribution is 2.35. The van der Waals surface area contributed by atoms with Crippen molar-refractivity contribution in [3.8, 4) is 5.82 Å². The maximum Gasteiger partial charge on any atom is 0.137 e. The lowest BCUT2D eigenvalue weighted by atomic mass is 10.2. The highest BCUT2D eigenvalue weighted by molar-refractivity contribution is 7.99. The molecule has 0 fully saturated rings. The van der Waals surface area contributed by atoms with Crippen molar-refractivity contribution in [3.05, 3.63) is 84.0 Å². The summed E-state index contributed by atoms with van der Waals surface area (Å²) in [7, 11) is 0. The van der Waals surface area contributed by atoms with Gasteiger partial charge in [0.1, 0.15) is 5.82 Å². The second kappa shape index (κ2) is 6.11. The normalized spacial score (nSPS) is 11.0. The monoisotopic (exact) mass is 336 g/mol. The topological polar surface area (TPSA) is 17.8 Å². The Morgan fingerprint density at radius 3 is 2.48 bits per heavy atom. The molecule has 0 saturated heterocycles. The molecule has 2 nitrogen and oxygen atoms in total. The van der Waals surface area contributed by atoms with Crippen LogP contribution in [0, 0.1) is 0 Å². The lowest BCUT2D eigenvalue weighted by Crippen LogP contribution is -1.97. The summed E-state index contributed by atoms with van der Waals surface area (Å²) in [5.41, 5.74) is 1.10. The van der Waals surface area contributed by atoms with Gasteiger partial charge in [0.25, 0.3) is 0 Å². The van der Waals surface area contributed by atoms with Crippen molar-refractivity contribution in [2.45, 2.75) is 9.92 Å². The minimum Gasteiger partial charge on any atom is -0.288 e. The van der Waals surface area contributed by atoms with Gasteiger partial charge in [0.05, 0.1) is 10.5 Å². The van der Waals surface area contributed by atoms with Crippen molar-refractivity contribution in [1.82, 2.24) is 9.55 Å². The number of aromatic nitrogens is 2. The van der Waals surface area contributed by atoms with Crippen LogP contribution in [-0.4, -0.2) is 9.55 Å². The molecule has 4 rings (SSSR count). The maximum atomic E-state index is 6.15. The van der Waals surface area contributed by atoms with E-state index in [0.29, 0.717) is 0 Å². The van der Waals surface area contributed by atoms with E-state index in [9.17, 15) is 0 Å². The van der Waals surface area contributed by atoms with E-state index in [1.807, 2.05) is 60.8 Å². The molecule has 2 aromatic heterocycles. The first-order valence-corrected chi connectivity index (χ1v) is 8.46. The third-order valence-electron chi connectivity index (χ3n) is 3.57. The number of benzene rings is 2. The molecule has 4 aromatic rings. The SMILES string of the molecule is Clc1ccc2c(c1)cc(Sc1ccccc1)n2-c1ccccn1. The lowest BCUT2D eigenvalue weighted by molar-refractivity contribution is 0.942. The van der Waals surface area contributed by atoms with E-state index in [0.717, 1.165) is 26.8 Å². The third kappa shape index (κ3) is 2.85. The molecular formula is C19H13ClN2S. The van der Waals surface area contributed by atoms with E-state index >= 15 is 0 Å². The first kappa shape index (κ1) is 14.4. The Labute approximate surface area is 143 Å². The zero-order valence-electron chi connectivity index (χ0n) is 12.2. The molecule has 0 aliphatic rings. The van der Waals surface area contributed by atoms with Gasteiger partial charge in [-0.05, 0) is 48.5 Å². The van der Waals surface area contributed by atoms with Crippen LogP contribution < -0.4 is 0 Å². The van der Waals surface area contributed by atoms with Crippen LogP contribution in [0.2, 0.25) is 5.02 Å². The Morgan fingerprint density at radius 1 is 0.870 bits per heavy atom. The van der Waals surface area contributed by atoms with Crippen molar-refractivity contribution >= 4 is 34.3 Å². The third-order valence-corrected chi connectivity index (χ3v) is 4.83. The van der Waals surface area contributed by atoms with Crippen LogP contribution >= 0.6 is 23.4 Å². The maximum absolute atomic E-state index is 6.15. The predicted octanol–water partition coefficient (Wildman–Crippen LogP) is 5.83. The first-order valence-electron chi connectivity index (χ1n) is 7.26. The molecule has 0 unspecified atom stereocenters. The molecule has 0 aliphatic heterocycles. The predicted molar refractivity (Wildman–Crippen MR) is 96.6 cm³/mol. The summed E-state index contributed by atoms with van der Waals surface area (Å²) in [6.07, 6.45) is 1.81. The van der Waals surface area contributed by atoms with E-state index in [1.54, 1.807) is 11.8 Å². The van der Waals surface area contributed by atoms with E-state index in [4.69, 9.17) is 11.6 Å². The fourth-order valence-corrected chi connectivity index (χ4v) is 3.75. The van der Waals surface area contributed by atoms with Crippen LogP contribution in [0.5, 0.6) is 0 Å². The number of hydrogen-bond acceptors (Lipinski definition) is 2. The second-order valence-corrected chi connectivity index (χ2v) is 6.65. The quantitative estimate of drug-likeness (QED) is 0.468. The Hall–Kier alpha value is -2.23. The molecule has 0 saturated carbocycles. The number of pyridine rings is 1. The fraction of sp³-hybridized carbons (Fsp3) is 0. The van der Waals surface area contributed by atoms with Crippen LogP contribution in [0.3, 0.4) is 0 Å². The first-order chi connectivity index (χ1) is 11.3. The second-order valence-electron chi connectivity index (χ2n) is 5.12. The summed E-state index contributed by atoms with van der Waals surface area (Å²) < 4.78 is 2.17. The number of nitrogens with zero attached hydrogens (tertiary/aromatic N) is 2. The number of rotatable bonds is 3. The van der Waals surface area contributed by atoms with Gasteiger partial charge in [-0.1, -0.05) is 47.6 Å². The Kier molecular flexibility index (Phi) is 3.82. The molecule has 0 amide bonds.